The van der Waals surface area contributed by atoms with Crippen LogP contribution in [-0.2, 0) is 16.1 Å². The van der Waals surface area contributed by atoms with Gasteiger partial charge in [-0.05, 0) is 24.6 Å². The van der Waals surface area contributed by atoms with Crippen molar-refractivity contribution in [2.24, 2.45) is 0 Å². The fourth-order valence-corrected chi connectivity index (χ4v) is 2.05. The molecule has 0 bridgehead atoms. The molecular formula is C13H15FN2O3. The van der Waals surface area contributed by atoms with Gasteiger partial charge in [-0.1, -0.05) is 12.1 Å². The molecule has 1 aliphatic rings. The largest absolute Gasteiger partial charge is 0.382 e. The minimum Gasteiger partial charge on any atom is -0.382 e. The molecule has 1 saturated heterocycles. The molecule has 1 N–H and O–H groups in total. The smallest absolute Gasteiger partial charge is 0.325 e. The van der Waals surface area contributed by atoms with Gasteiger partial charge in [0, 0.05) is 7.11 Å². The van der Waals surface area contributed by atoms with E-state index in [1.807, 2.05) is 0 Å². The third-order valence-electron chi connectivity index (χ3n) is 3.03. The van der Waals surface area contributed by atoms with E-state index in [0.717, 1.165) is 4.90 Å². The summed E-state index contributed by atoms with van der Waals surface area (Å²) in [6, 6.07) is 5.21. The third-order valence-corrected chi connectivity index (χ3v) is 3.03. The molecule has 1 unspecified atom stereocenters. The van der Waals surface area contributed by atoms with E-state index in [4.69, 9.17) is 4.74 Å². The summed E-state index contributed by atoms with van der Waals surface area (Å²) in [6.45, 7) is 1.84. The number of halogens is 1. The van der Waals surface area contributed by atoms with E-state index >= 15 is 0 Å². The van der Waals surface area contributed by atoms with Crippen LogP contribution in [0.2, 0.25) is 0 Å². The number of carbonyl (C=O) groups excluding carboxylic acids is 2. The molecular weight excluding hydrogens is 251 g/mol. The molecule has 1 aromatic carbocycles. The maximum atomic E-state index is 12.8. The highest BCUT2D eigenvalue weighted by atomic mass is 19.1. The molecule has 1 atom stereocenters. The lowest BCUT2D eigenvalue weighted by atomic mass is 10.0. The highest BCUT2D eigenvalue weighted by Crippen LogP contribution is 2.20. The van der Waals surface area contributed by atoms with Crippen LogP contribution in [0, 0.1) is 5.82 Å². The van der Waals surface area contributed by atoms with Crippen molar-refractivity contribution in [1.82, 2.24) is 10.2 Å². The first-order valence-electron chi connectivity index (χ1n) is 5.84. The van der Waals surface area contributed by atoms with Crippen LogP contribution in [0.4, 0.5) is 9.18 Å². The molecule has 6 heteroatoms. The number of benzene rings is 1. The number of rotatable bonds is 4. The second kappa shape index (κ2) is 4.97. The number of nitrogens with one attached hydrogen (secondary N) is 1. The van der Waals surface area contributed by atoms with Crippen LogP contribution in [0.25, 0.3) is 0 Å². The summed E-state index contributed by atoms with van der Waals surface area (Å²) in [6.07, 6.45) is 0. The van der Waals surface area contributed by atoms with Crippen LogP contribution >= 0.6 is 0 Å². The highest BCUT2D eigenvalue weighted by molar-refractivity contribution is 6.06. The minimum absolute atomic E-state index is 0.109. The summed E-state index contributed by atoms with van der Waals surface area (Å²) in [5, 5.41) is 2.60. The summed E-state index contributed by atoms with van der Waals surface area (Å²) in [7, 11) is 1.47. The van der Waals surface area contributed by atoms with Crippen molar-refractivity contribution in [1.29, 1.82) is 0 Å². The number of carbonyl (C=O) groups is 2. The molecule has 1 aliphatic heterocycles. The van der Waals surface area contributed by atoms with Crippen LogP contribution in [0.1, 0.15) is 12.5 Å². The fraction of sp³-hybridized carbons (Fsp3) is 0.385. The molecule has 0 aliphatic carbocycles. The van der Waals surface area contributed by atoms with E-state index in [-0.39, 0.29) is 24.9 Å². The normalized spacial score (nSPS) is 22.8. The Hall–Kier alpha value is -1.95. The molecule has 102 valence electrons. The topological polar surface area (TPSA) is 58.6 Å². The van der Waals surface area contributed by atoms with Gasteiger partial charge < -0.3 is 10.1 Å². The first-order chi connectivity index (χ1) is 8.96. The summed E-state index contributed by atoms with van der Waals surface area (Å²) < 4.78 is 17.8. The maximum absolute atomic E-state index is 12.8. The van der Waals surface area contributed by atoms with Crippen molar-refractivity contribution in [3.63, 3.8) is 0 Å². The molecule has 1 heterocycles. The number of methoxy groups -OCH3 is 1. The summed E-state index contributed by atoms with van der Waals surface area (Å²) in [4.78, 5) is 25.1. The molecule has 1 aromatic rings. The van der Waals surface area contributed by atoms with E-state index in [1.54, 1.807) is 19.1 Å². The molecule has 19 heavy (non-hydrogen) atoms. The second-order valence-electron chi connectivity index (χ2n) is 4.71. The van der Waals surface area contributed by atoms with E-state index in [0.29, 0.717) is 5.56 Å². The Morgan fingerprint density at radius 1 is 1.32 bits per heavy atom. The van der Waals surface area contributed by atoms with Crippen molar-refractivity contribution < 1.29 is 18.7 Å². The van der Waals surface area contributed by atoms with Crippen LogP contribution in [0.3, 0.4) is 0 Å². The highest BCUT2D eigenvalue weighted by Gasteiger charge is 2.47. The number of ether oxygens (including phenoxy) is 1. The predicted octanol–water partition coefficient (Wildman–Crippen LogP) is 1.28. The Balaban J connectivity index is 2.15. The Kier molecular flexibility index (Phi) is 3.53. The summed E-state index contributed by atoms with van der Waals surface area (Å²) in [5.74, 6) is -0.700. The summed E-state index contributed by atoms with van der Waals surface area (Å²) in [5.41, 5.74) is -0.349. The van der Waals surface area contributed by atoms with Crippen LogP contribution < -0.4 is 5.32 Å². The molecule has 3 amide bonds. The van der Waals surface area contributed by atoms with Gasteiger partial charge in [0.25, 0.3) is 5.91 Å². The number of nitrogens with zero attached hydrogens (tertiary/aromatic N) is 1. The monoisotopic (exact) mass is 266 g/mol. The van der Waals surface area contributed by atoms with Gasteiger partial charge >= 0.3 is 6.03 Å². The average Bonchev–Trinajstić information content (AvgIpc) is 2.56. The molecule has 1 fully saturated rings. The van der Waals surface area contributed by atoms with Gasteiger partial charge in [-0.15, -0.1) is 0 Å². The van der Waals surface area contributed by atoms with Gasteiger partial charge in [0.15, 0.2) is 0 Å². The Bertz CT molecular complexity index is 503. The van der Waals surface area contributed by atoms with Gasteiger partial charge in [0.05, 0.1) is 13.2 Å². The van der Waals surface area contributed by atoms with Gasteiger partial charge in [0.1, 0.15) is 11.4 Å². The zero-order valence-corrected chi connectivity index (χ0v) is 10.8. The number of urea groups is 1. The van der Waals surface area contributed by atoms with Crippen molar-refractivity contribution in [2.45, 2.75) is 19.0 Å². The van der Waals surface area contributed by atoms with Crippen LogP contribution in [0.15, 0.2) is 24.3 Å². The maximum Gasteiger partial charge on any atom is 0.325 e. The Morgan fingerprint density at radius 3 is 2.53 bits per heavy atom. The molecule has 0 aromatic heterocycles. The first-order valence-corrected chi connectivity index (χ1v) is 5.84. The second-order valence-corrected chi connectivity index (χ2v) is 4.71. The van der Waals surface area contributed by atoms with Crippen molar-refractivity contribution >= 4 is 11.9 Å². The molecule has 0 radical (unpaired) electrons. The minimum atomic E-state index is -1.04. The Labute approximate surface area is 110 Å². The van der Waals surface area contributed by atoms with Gasteiger partial charge in [-0.25, -0.2) is 9.18 Å². The number of hydrogen-bond donors (Lipinski definition) is 1. The van der Waals surface area contributed by atoms with E-state index in [2.05, 4.69) is 5.32 Å². The van der Waals surface area contributed by atoms with E-state index in [1.165, 1.54) is 19.2 Å². The van der Waals surface area contributed by atoms with Gasteiger partial charge in [0.2, 0.25) is 0 Å². The lowest BCUT2D eigenvalue weighted by Crippen LogP contribution is -2.47. The third kappa shape index (κ3) is 2.58. The number of hydrogen-bond acceptors (Lipinski definition) is 3. The summed E-state index contributed by atoms with van der Waals surface area (Å²) >= 11 is 0. The number of amides is 3. The lowest BCUT2D eigenvalue weighted by molar-refractivity contribution is -0.132. The fourth-order valence-electron chi connectivity index (χ4n) is 2.05. The standard InChI is InChI=1S/C13H15FN2O3/c1-13(8-19-2)11(17)16(12(18)15-13)7-9-3-5-10(14)6-4-9/h3-6H,7-8H2,1-2H3,(H,15,18). The zero-order chi connectivity index (χ0) is 14.0. The quantitative estimate of drug-likeness (QED) is 0.835. The van der Waals surface area contributed by atoms with Crippen molar-refractivity contribution in [3.8, 4) is 0 Å². The van der Waals surface area contributed by atoms with Gasteiger partial charge in [-0.2, -0.15) is 0 Å². The Morgan fingerprint density at radius 2 is 1.95 bits per heavy atom. The predicted molar refractivity (Wildman–Crippen MR) is 65.8 cm³/mol. The lowest BCUT2D eigenvalue weighted by Gasteiger charge is -2.20. The van der Waals surface area contributed by atoms with Gasteiger partial charge in [-0.3, -0.25) is 9.69 Å². The molecule has 0 saturated carbocycles. The van der Waals surface area contributed by atoms with E-state index < -0.39 is 11.6 Å². The van der Waals surface area contributed by atoms with Crippen molar-refractivity contribution in [3.05, 3.63) is 35.6 Å². The average molecular weight is 266 g/mol. The van der Waals surface area contributed by atoms with Crippen LogP contribution in [-0.4, -0.2) is 36.1 Å². The molecule has 5 nitrogen and oxygen atoms in total. The number of imide groups is 1. The SMILES string of the molecule is COCC1(C)NC(=O)N(Cc2ccc(F)cc2)C1=O. The first kappa shape index (κ1) is 13.5. The zero-order valence-electron chi connectivity index (χ0n) is 10.8. The van der Waals surface area contributed by atoms with Crippen molar-refractivity contribution in [2.75, 3.05) is 13.7 Å². The van der Waals surface area contributed by atoms with Crippen LogP contribution in [0.5, 0.6) is 0 Å². The van der Waals surface area contributed by atoms with E-state index in [9.17, 15) is 14.0 Å². The molecule has 2 rings (SSSR count). The molecule has 0 spiro atoms.